The lowest BCUT2D eigenvalue weighted by molar-refractivity contribution is 0.0685. The number of aryl methyl sites for hydroxylation is 1. The van der Waals surface area contributed by atoms with Crippen LogP contribution in [0.5, 0.6) is 0 Å². The van der Waals surface area contributed by atoms with Crippen molar-refractivity contribution in [2.45, 2.75) is 20.0 Å². The van der Waals surface area contributed by atoms with E-state index in [4.69, 9.17) is 9.63 Å². The smallest absolute Gasteiger partial charge is 0.358 e. The summed E-state index contributed by atoms with van der Waals surface area (Å²) in [6, 6.07) is 1.44. The molecule has 1 N–H and O–H groups in total. The van der Waals surface area contributed by atoms with E-state index in [0.717, 1.165) is 10.7 Å². The number of hydrogen-bond donors (Lipinski definition) is 1. The van der Waals surface area contributed by atoms with Crippen LogP contribution in [-0.4, -0.2) is 33.2 Å². The standard InChI is InChI=1S/C11H13N3O3S/c1-7-12-8(6-18-7)4-14(2)5-9-3-10(11(15)16)13-17-9/h3,6H,4-5H2,1-2H3,(H,15,16). The van der Waals surface area contributed by atoms with Crippen molar-refractivity contribution in [3.63, 3.8) is 0 Å². The third-order valence-corrected chi connectivity index (χ3v) is 3.12. The molecular weight excluding hydrogens is 254 g/mol. The van der Waals surface area contributed by atoms with Gasteiger partial charge in [0.2, 0.25) is 0 Å². The second-order valence-corrected chi connectivity index (χ2v) is 5.08. The molecule has 18 heavy (non-hydrogen) atoms. The maximum atomic E-state index is 10.6. The summed E-state index contributed by atoms with van der Waals surface area (Å²) in [6.07, 6.45) is 0. The molecule has 6 nitrogen and oxygen atoms in total. The molecule has 0 unspecified atom stereocenters. The molecule has 0 saturated heterocycles. The molecule has 0 amide bonds. The van der Waals surface area contributed by atoms with Crippen LogP contribution in [0.4, 0.5) is 0 Å². The van der Waals surface area contributed by atoms with Crippen LogP contribution < -0.4 is 0 Å². The molecule has 0 aliphatic rings. The zero-order chi connectivity index (χ0) is 13.1. The molecular formula is C11H13N3O3S. The zero-order valence-corrected chi connectivity index (χ0v) is 10.9. The quantitative estimate of drug-likeness (QED) is 0.889. The average molecular weight is 267 g/mol. The minimum absolute atomic E-state index is 0.0668. The van der Waals surface area contributed by atoms with E-state index in [-0.39, 0.29) is 5.69 Å². The lowest BCUT2D eigenvalue weighted by Crippen LogP contribution is -2.17. The number of aromatic nitrogens is 2. The van der Waals surface area contributed by atoms with Gasteiger partial charge in [0, 0.05) is 18.0 Å². The van der Waals surface area contributed by atoms with E-state index in [0.29, 0.717) is 18.8 Å². The highest BCUT2D eigenvalue weighted by Crippen LogP contribution is 2.12. The number of carboxylic acids is 1. The summed E-state index contributed by atoms with van der Waals surface area (Å²) >= 11 is 1.61. The maximum Gasteiger partial charge on any atom is 0.358 e. The largest absolute Gasteiger partial charge is 0.476 e. The summed E-state index contributed by atoms with van der Waals surface area (Å²) in [5.74, 6) is -0.551. The zero-order valence-electron chi connectivity index (χ0n) is 10.1. The van der Waals surface area contributed by atoms with E-state index in [2.05, 4.69) is 10.1 Å². The van der Waals surface area contributed by atoms with Gasteiger partial charge in [-0.15, -0.1) is 11.3 Å². The first kappa shape index (κ1) is 12.7. The van der Waals surface area contributed by atoms with Gasteiger partial charge >= 0.3 is 5.97 Å². The molecule has 2 rings (SSSR count). The Hall–Kier alpha value is -1.73. The van der Waals surface area contributed by atoms with Gasteiger partial charge < -0.3 is 9.63 Å². The van der Waals surface area contributed by atoms with Crippen LogP contribution in [0.3, 0.4) is 0 Å². The number of carbonyl (C=O) groups is 1. The fourth-order valence-electron chi connectivity index (χ4n) is 1.57. The van der Waals surface area contributed by atoms with Crippen molar-refractivity contribution in [1.82, 2.24) is 15.0 Å². The second kappa shape index (κ2) is 5.28. The van der Waals surface area contributed by atoms with Crippen molar-refractivity contribution < 1.29 is 14.4 Å². The third-order valence-electron chi connectivity index (χ3n) is 2.30. The molecule has 96 valence electrons. The van der Waals surface area contributed by atoms with Crippen molar-refractivity contribution in [3.05, 3.63) is 33.6 Å². The van der Waals surface area contributed by atoms with Gasteiger partial charge in [-0.3, -0.25) is 4.90 Å². The van der Waals surface area contributed by atoms with E-state index >= 15 is 0 Å². The van der Waals surface area contributed by atoms with Crippen molar-refractivity contribution >= 4 is 17.3 Å². The molecule has 0 fully saturated rings. The monoisotopic (exact) mass is 267 g/mol. The summed E-state index contributed by atoms with van der Waals surface area (Å²) in [5, 5.41) is 15.2. The fourth-order valence-corrected chi connectivity index (χ4v) is 2.17. The number of carboxylic acid groups (broad SMARTS) is 1. The molecule has 2 heterocycles. The number of nitrogens with zero attached hydrogens (tertiary/aromatic N) is 3. The third kappa shape index (κ3) is 3.14. The predicted octanol–water partition coefficient (Wildman–Crippen LogP) is 1.77. The van der Waals surface area contributed by atoms with E-state index in [1.165, 1.54) is 6.07 Å². The van der Waals surface area contributed by atoms with E-state index in [1.807, 2.05) is 24.3 Å². The van der Waals surface area contributed by atoms with Gasteiger partial charge in [-0.05, 0) is 14.0 Å². The second-order valence-electron chi connectivity index (χ2n) is 4.01. The molecule has 0 atom stereocenters. The van der Waals surface area contributed by atoms with Crippen LogP contribution in [-0.2, 0) is 13.1 Å². The van der Waals surface area contributed by atoms with E-state index < -0.39 is 5.97 Å². The van der Waals surface area contributed by atoms with Crippen molar-refractivity contribution in [1.29, 1.82) is 0 Å². The molecule has 0 aliphatic carbocycles. The molecule has 0 bridgehead atoms. The van der Waals surface area contributed by atoms with E-state index in [1.54, 1.807) is 11.3 Å². The molecule has 0 aromatic carbocycles. The van der Waals surface area contributed by atoms with Crippen LogP contribution in [0.15, 0.2) is 16.0 Å². The first-order valence-corrected chi connectivity index (χ1v) is 6.21. The Labute approximate surface area is 108 Å². The highest BCUT2D eigenvalue weighted by atomic mass is 32.1. The normalized spacial score (nSPS) is 11.1. The van der Waals surface area contributed by atoms with Gasteiger partial charge in [-0.2, -0.15) is 0 Å². The fraction of sp³-hybridized carbons (Fsp3) is 0.364. The summed E-state index contributed by atoms with van der Waals surface area (Å²) in [5.41, 5.74) is 0.931. The first-order chi connectivity index (χ1) is 8.54. The van der Waals surface area contributed by atoms with Crippen LogP contribution in [0.25, 0.3) is 0 Å². The number of hydrogen-bond acceptors (Lipinski definition) is 6. The number of thiazole rings is 1. The van der Waals surface area contributed by atoms with Gasteiger partial charge in [-0.1, -0.05) is 5.16 Å². The van der Waals surface area contributed by atoms with Crippen LogP contribution in [0.1, 0.15) is 27.0 Å². The van der Waals surface area contributed by atoms with Gasteiger partial charge in [0.15, 0.2) is 11.5 Å². The Bertz CT molecular complexity index is 549. The van der Waals surface area contributed by atoms with Crippen molar-refractivity contribution in [2.24, 2.45) is 0 Å². The lowest BCUT2D eigenvalue weighted by atomic mass is 10.3. The summed E-state index contributed by atoms with van der Waals surface area (Å²) in [4.78, 5) is 17.0. The predicted molar refractivity (Wildman–Crippen MR) is 65.5 cm³/mol. The van der Waals surface area contributed by atoms with E-state index in [9.17, 15) is 4.79 Å². The summed E-state index contributed by atoms with van der Waals surface area (Å²) in [7, 11) is 1.91. The van der Waals surface area contributed by atoms with Gasteiger partial charge in [0.25, 0.3) is 0 Å². The maximum absolute atomic E-state index is 10.6. The molecule has 0 spiro atoms. The Morgan fingerprint density at radius 2 is 2.33 bits per heavy atom. The molecule has 0 aliphatic heterocycles. The lowest BCUT2D eigenvalue weighted by Gasteiger charge is -2.12. The highest BCUT2D eigenvalue weighted by Gasteiger charge is 2.12. The topological polar surface area (TPSA) is 79.5 Å². The number of aromatic carboxylic acids is 1. The summed E-state index contributed by atoms with van der Waals surface area (Å²) in [6.45, 7) is 3.15. The average Bonchev–Trinajstić information content (AvgIpc) is 2.88. The Morgan fingerprint density at radius 1 is 1.56 bits per heavy atom. The van der Waals surface area contributed by atoms with Crippen LogP contribution in [0.2, 0.25) is 0 Å². The van der Waals surface area contributed by atoms with Gasteiger partial charge in [0.1, 0.15) is 0 Å². The van der Waals surface area contributed by atoms with Gasteiger partial charge in [0.05, 0.1) is 17.2 Å². The van der Waals surface area contributed by atoms with Crippen molar-refractivity contribution in [2.75, 3.05) is 7.05 Å². The minimum atomic E-state index is -1.08. The highest BCUT2D eigenvalue weighted by molar-refractivity contribution is 7.09. The first-order valence-electron chi connectivity index (χ1n) is 5.33. The van der Waals surface area contributed by atoms with Crippen LogP contribution >= 0.6 is 11.3 Å². The molecule has 0 saturated carbocycles. The Balaban J connectivity index is 1.94. The molecule has 0 radical (unpaired) electrons. The SMILES string of the molecule is Cc1nc(CN(C)Cc2cc(C(=O)O)no2)cs1. The van der Waals surface area contributed by atoms with Crippen molar-refractivity contribution in [3.8, 4) is 0 Å². The summed E-state index contributed by atoms with van der Waals surface area (Å²) < 4.78 is 4.95. The van der Waals surface area contributed by atoms with Crippen LogP contribution in [0, 0.1) is 6.92 Å². The number of rotatable bonds is 5. The minimum Gasteiger partial charge on any atom is -0.476 e. The Kier molecular flexibility index (Phi) is 3.73. The Morgan fingerprint density at radius 3 is 2.89 bits per heavy atom. The molecule has 2 aromatic rings. The molecule has 2 aromatic heterocycles. The van der Waals surface area contributed by atoms with Gasteiger partial charge in [-0.25, -0.2) is 9.78 Å². The molecule has 7 heteroatoms.